The van der Waals surface area contributed by atoms with Gasteiger partial charge in [0, 0.05) is 11.3 Å². The van der Waals surface area contributed by atoms with Crippen LogP contribution in [0.5, 0.6) is 0 Å². The maximum Gasteiger partial charge on any atom is 0.123 e. The SMILES string of the molecule is Cc1cc(F)ccc1C(Cl)Cc1cccs1. The average molecular weight is 255 g/mol. The molecule has 0 bridgehead atoms. The molecule has 1 unspecified atom stereocenters. The summed E-state index contributed by atoms with van der Waals surface area (Å²) in [5, 5.41) is 1.95. The van der Waals surface area contributed by atoms with Crippen LogP contribution in [0.4, 0.5) is 4.39 Å². The Morgan fingerprint density at radius 3 is 2.81 bits per heavy atom. The summed E-state index contributed by atoms with van der Waals surface area (Å²) in [4.78, 5) is 1.25. The number of benzene rings is 1. The first-order valence-electron chi connectivity index (χ1n) is 5.09. The highest BCUT2D eigenvalue weighted by molar-refractivity contribution is 7.09. The summed E-state index contributed by atoms with van der Waals surface area (Å²) >= 11 is 8.04. The van der Waals surface area contributed by atoms with Crippen molar-refractivity contribution in [3.8, 4) is 0 Å². The van der Waals surface area contributed by atoms with E-state index in [-0.39, 0.29) is 11.2 Å². The highest BCUT2D eigenvalue weighted by Crippen LogP contribution is 2.29. The van der Waals surface area contributed by atoms with E-state index in [1.165, 1.54) is 17.0 Å². The van der Waals surface area contributed by atoms with Gasteiger partial charge in [0.25, 0.3) is 0 Å². The predicted octanol–water partition coefficient (Wildman–Crippen LogP) is 4.72. The van der Waals surface area contributed by atoms with Gasteiger partial charge in [-0.1, -0.05) is 12.1 Å². The third-order valence-corrected chi connectivity index (χ3v) is 3.82. The van der Waals surface area contributed by atoms with Crippen molar-refractivity contribution in [3.05, 3.63) is 57.5 Å². The van der Waals surface area contributed by atoms with Crippen molar-refractivity contribution in [2.45, 2.75) is 18.7 Å². The number of hydrogen-bond acceptors (Lipinski definition) is 1. The van der Waals surface area contributed by atoms with Gasteiger partial charge < -0.3 is 0 Å². The van der Waals surface area contributed by atoms with Crippen molar-refractivity contribution >= 4 is 22.9 Å². The second-order valence-corrected chi connectivity index (χ2v) is 5.31. The van der Waals surface area contributed by atoms with E-state index in [0.29, 0.717) is 0 Å². The summed E-state index contributed by atoms with van der Waals surface area (Å²) in [6, 6.07) is 8.85. The van der Waals surface area contributed by atoms with E-state index < -0.39 is 0 Å². The molecule has 0 fully saturated rings. The van der Waals surface area contributed by atoms with E-state index in [0.717, 1.165) is 17.5 Å². The summed E-state index contributed by atoms with van der Waals surface area (Å²) in [6.45, 7) is 1.89. The Hall–Kier alpha value is -0.860. The highest BCUT2D eigenvalue weighted by atomic mass is 35.5. The van der Waals surface area contributed by atoms with Gasteiger partial charge in [0.05, 0.1) is 5.38 Å². The van der Waals surface area contributed by atoms with Crippen molar-refractivity contribution in [1.82, 2.24) is 0 Å². The summed E-state index contributed by atoms with van der Waals surface area (Å²) in [5.74, 6) is -0.207. The smallest absolute Gasteiger partial charge is 0.123 e. The molecule has 0 nitrogen and oxygen atoms in total. The molecule has 1 aromatic carbocycles. The van der Waals surface area contributed by atoms with Crippen LogP contribution >= 0.6 is 22.9 Å². The Labute approximate surface area is 104 Å². The van der Waals surface area contributed by atoms with Gasteiger partial charge in [-0.05, 0) is 41.6 Å². The standard InChI is InChI=1S/C13H12ClFS/c1-9-7-10(15)4-5-12(9)13(14)8-11-3-2-6-16-11/h2-7,13H,8H2,1H3. The topological polar surface area (TPSA) is 0 Å². The van der Waals surface area contributed by atoms with Gasteiger partial charge in [0.1, 0.15) is 5.82 Å². The van der Waals surface area contributed by atoms with Crippen LogP contribution in [0.1, 0.15) is 21.4 Å². The van der Waals surface area contributed by atoms with E-state index in [9.17, 15) is 4.39 Å². The number of rotatable bonds is 3. The van der Waals surface area contributed by atoms with Crippen LogP contribution < -0.4 is 0 Å². The van der Waals surface area contributed by atoms with Gasteiger partial charge in [-0.2, -0.15) is 0 Å². The number of alkyl halides is 1. The molecule has 0 aliphatic rings. The molecule has 0 aliphatic heterocycles. The minimum Gasteiger partial charge on any atom is -0.207 e. The summed E-state index contributed by atoms with van der Waals surface area (Å²) in [5.41, 5.74) is 1.92. The molecular weight excluding hydrogens is 243 g/mol. The number of aryl methyl sites for hydroxylation is 1. The first-order valence-corrected chi connectivity index (χ1v) is 6.41. The van der Waals surface area contributed by atoms with Crippen LogP contribution in [0, 0.1) is 12.7 Å². The molecule has 84 valence electrons. The Balaban J connectivity index is 2.17. The van der Waals surface area contributed by atoms with Crippen molar-refractivity contribution in [2.75, 3.05) is 0 Å². The molecule has 16 heavy (non-hydrogen) atoms. The van der Waals surface area contributed by atoms with Crippen LogP contribution in [0.3, 0.4) is 0 Å². The van der Waals surface area contributed by atoms with E-state index in [4.69, 9.17) is 11.6 Å². The molecule has 2 rings (SSSR count). The van der Waals surface area contributed by atoms with Crippen LogP contribution in [-0.4, -0.2) is 0 Å². The van der Waals surface area contributed by atoms with Crippen molar-refractivity contribution in [2.24, 2.45) is 0 Å². The van der Waals surface area contributed by atoms with Crippen LogP contribution in [0.15, 0.2) is 35.7 Å². The zero-order valence-corrected chi connectivity index (χ0v) is 10.5. The molecule has 0 saturated heterocycles. The van der Waals surface area contributed by atoms with Crippen LogP contribution in [-0.2, 0) is 6.42 Å². The maximum atomic E-state index is 12.9. The Morgan fingerprint density at radius 1 is 1.38 bits per heavy atom. The normalized spacial score (nSPS) is 12.7. The molecule has 0 N–H and O–H groups in total. The first kappa shape index (κ1) is 11.6. The lowest BCUT2D eigenvalue weighted by atomic mass is 10.0. The Bertz CT molecular complexity index is 465. The molecule has 0 aliphatic carbocycles. The van der Waals surface area contributed by atoms with Gasteiger partial charge in [-0.3, -0.25) is 0 Å². The summed E-state index contributed by atoms with van der Waals surface area (Å²) < 4.78 is 12.9. The zero-order valence-electron chi connectivity index (χ0n) is 8.91. The van der Waals surface area contributed by atoms with Gasteiger partial charge >= 0.3 is 0 Å². The molecule has 0 radical (unpaired) electrons. The molecule has 1 atom stereocenters. The largest absolute Gasteiger partial charge is 0.207 e. The molecular formula is C13H12ClFS. The van der Waals surface area contributed by atoms with Gasteiger partial charge in [0.2, 0.25) is 0 Å². The molecule has 0 amide bonds. The second kappa shape index (κ2) is 4.98. The fourth-order valence-corrected chi connectivity index (χ4v) is 2.96. The predicted molar refractivity (Wildman–Crippen MR) is 67.8 cm³/mol. The van der Waals surface area contributed by atoms with E-state index >= 15 is 0 Å². The van der Waals surface area contributed by atoms with Crippen molar-refractivity contribution < 1.29 is 4.39 Å². The van der Waals surface area contributed by atoms with Gasteiger partial charge in [0.15, 0.2) is 0 Å². The quantitative estimate of drug-likeness (QED) is 0.696. The molecule has 1 aromatic heterocycles. The third-order valence-electron chi connectivity index (χ3n) is 2.53. The lowest BCUT2D eigenvalue weighted by molar-refractivity contribution is 0.625. The summed E-state index contributed by atoms with van der Waals surface area (Å²) in [6.07, 6.45) is 0.797. The lowest BCUT2D eigenvalue weighted by Gasteiger charge is -2.11. The van der Waals surface area contributed by atoms with Crippen molar-refractivity contribution in [3.63, 3.8) is 0 Å². The Kier molecular flexibility index (Phi) is 3.62. The number of hydrogen-bond donors (Lipinski definition) is 0. The van der Waals surface area contributed by atoms with Gasteiger partial charge in [-0.15, -0.1) is 22.9 Å². The van der Waals surface area contributed by atoms with E-state index in [1.807, 2.05) is 18.4 Å². The first-order chi connectivity index (χ1) is 7.66. The molecule has 3 heteroatoms. The molecule has 1 heterocycles. The maximum absolute atomic E-state index is 12.9. The summed E-state index contributed by atoms with van der Waals surface area (Å²) in [7, 11) is 0. The van der Waals surface area contributed by atoms with Crippen LogP contribution in [0.2, 0.25) is 0 Å². The molecule has 2 aromatic rings. The zero-order chi connectivity index (χ0) is 11.5. The Morgan fingerprint density at radius 2 is 2.19 bits per heavy atom. The second-order valence-electron chi connectivity index (χ2n) is 3.75. The van der Waals surface area contributed by atoms with E-state index in [1.54, 1.807) is 17.4 Å². The van der Waals surface area contributed by atoms with Crippen LogP contribution in [0.25, 0.3) is 0 Å². The minimum atomic E-state index is -0.207. The fraction of sp³-hybridized carbons (Fsp3) is 0.231. The minimum absolute atomic E-state index is 0.0840. The monoisotopic (exact) mass is 254 g/mol. The molecule has 0 saturated carbocycles. The number of halogens is 2. The number of thiophene rings is 1. The van der Waals surface area contributed by atoms with Crippen molar-refractivity contribution in [1.29, 1.82) is 0 Å². The highest BCUT2D eigenvalue weighted by Gasteiger charge is 2.12. The van der Waals surface area contributed by atoms with Gasteiger partial charge in [-0.25, -0.2) is 4.39 Å². The van der Waals surface area contributed by atoms with E-state index in [2.05, 4.69) is 6.07 Å². The lowest BCUT2D eigenvalue weighted by Crippen LogP contribution is -1.97. The molecule has 0 spiro atoms. The fourth-order valence-electron chi connectivity index (χ4n) is 1.71. The average Bonchev–Trinajstić information content (AvgIpc) is 2.70. The third kappa shape index (κ3) is 2.63.